The van der Waals surface area contributed by atoms with E-state index in [1.54, 1.807) is 6.92 Å². The van der Waals surface area contributed by atoms with Gasteiger partial charge in [-0.2, -0.15) is 0 Å². The largest absolute Gasteiger partial charge is 0.393 e. The van der Waals surface area contributed by atoms with Gasteiger partial charge < -0.3 is 10.0 Å². The van der Waals surface area contributed by atoms with Crippen LogP contribution in [0.2, 0.25) is 5.15 Å². The Bertz CT molecular complexity index is 382. The van der Waals surface area contributed by atoms with Crippen LogP contribution in [0, 0.1) is 6.92 Å². The van der Waals surface area contributed by atoms with Gasteiger partial charge >= 0.3 is 0 Å². The van der Waals surface area contributed by atoms with Gasteiger partial charge in [0.2, 0.25) is 0 Å². The summed E-state index contributed by atoms with van der Waals surface area (Å²) in [6.45, 7) is 6.44. The van der Waals surface area contributed by atoms with Crippen molar-refractivity contribution in [2.24, 2.45) is 0 Å². The molecule has 0 amide bonds. The molecule has 4 nitrogen and oxygen atoms in total. The number of aliphatic hydroxyl groups is 1. The zero-order valence-electron chi connectivity index (χ0n) is 10.9. The third-order valence-corrected chi connectivity index (χ3v) is 3.04. The molecule has 17 heavy (non-hydrogen) atoms. The van der Waals surface area contributed by atoms with E-state index in [4.69, 9.17) is 11.6 Å². The van der Waals surface area contributed by atoms with Gasteiger partial charge in [-0.15, -0.1) is 0 Å². The summed E-state index contributed by atoms with van der Waals surface area (Å²) in [5, 5.41) is 9.80. The second-order valence-electron chi connectivity index (χ2n) is 4.29. The van der Waals surface area contributed by atoms with Gasteiger partial charge in [-0.05, 0) is 20.3 Å². The Kier molecular flexibility index (Phi) is 5.15. The predicted molar refractivity (Wildman–Crippen MR) is 70.7 cm³/mol. The van der Waals surface area contributed by atoms with Gasteiger partial charge in [0.25, 0.3) is 0 Å². The van der Waals surface area contributed by atoms with Crippen molar-refractivity contribution in [3.05, 3.63) is 16.5 Å². The maximum Gasteiger partial charge on any atom is 0.137 e. The molecule has 0 aliphatic carbocycles. The third kappa shape index (κ3) is 3.82. The molecule has 1 aromatic rings. The zero-order chi connectivity index (χ0) is 13.0. The van der Waals surface area contributed by atoms with Gasteiger partial charge in [0.1, 0.15) is 16.8 Å². The third-order valence-electron chi connectivity index (χ3n) is 2.67. The molecule has 0 saturated carbocycles. The zero-order valence-corrected chi connectivity index (χ0v) is 11.6. The van der Waals surface area contributed by atoms with Crippen molar-refractivity contribution in [2.45, 2.75) is 39.7 Å². The Morgan fingerprint density at radius 2 is 2.06 bits per heavy atom. The van der Waals surface area contributed by atoms with Crippen molar-refractivity contribution < 1.29 is 5.11 Å². The molecule has 1 aromatic heterocycles. The molecule has 0 radical (unpaired) electrons. The van der Waals surface area contributed by atoms with Crippen molar-refractivity contribution in [2.75, 3.05) is 18.5 Å². The molecule has 1 heterocycles. The highest BCUT2D eigenvalue weighted by atomic mass is 35.5. The SMILES string of the molecule is CCc1nc(Cl)c(C)c(N(C)CCC(C)O)n1. The van der Waals surface area contributed by atoms with Gasteiger partial charge in [0.05, 0.1) is 6.10 Å². The summed E-state index contributed by atoms with van der Waals surface area (Å²) in [5.41, 5.74) is 0.886. The average Bonchev–Trinajstić information content (AvgIpc) is 2.29. The Hall–Kier alpha value is -0.870. The number of nitrogens with zero attached hydrogens (tertiary/aromatic N) is 3. The number of anilines is 1. The summed E-state index contributed by atoms with van der Waals surface area (Å²) in [6.07, 6.45) is 1.16. The number of rotatable bonds is 5. The van der Waals surface area contributed by atoms with E-state index in [1.807, 2.05) is 25.8 Å². The summed E-state index contributed by atoms with van der Waals surface area (Å²) >= 11 is 6.08. The van der Waals surface area contributed by atoms with Crippen LogP contribution in [-0.4, -0.2) is 34.8 Å². The minimum atomic E-state index is -0.305. The van der Waals surface area contributed by atoms with Crippen molar-refractivity contribution in [3.63, 3.8) is 0 Å². The van der Waals surface area contributed by atoms with Crippen molar-refractivity contribution in [3.8, 4) is 0 Å². The van der Waals surface area contributed by atoms with E-state index in [-0.39, 0.29) is 6.10 Å². The van der Waals surface area contributed by atoms with Crippen molar-refractivity contribution in [1.82, 2.24) is 9.97 Å². The van der Waals surface area contributed by atoms with Crippen LogP contribution in [0.25, 0.3) is 0 Å². The minimum Gasteiger partial charge on any atom is -0.393 e. The Morgan fingerprint density at radius 3 is 2.59 bits per heavy atom. The maximum atomic E-state index is 9.29. The fourth-order valence-corrected chi connectivity index (χ4v) is 1.72. The molecular weight excluding hydrogens is 238 g/mol. The summed E-state index contributed by atoms with van der Waals surface area (Å²) in [4.78, 5) is 10.7. The van der Waals surface area contributed by atoms with Crippen LogP contribution in [0.1, 0.15) is 31.7 Å². The highest BCUT2D eigenvalue weighted by molar-refractivity contribution is 6.30. The molecule has 1 rings (SSSR count). The molecule has 0 aromatic carbocycles. The van der Waals surface area contributed by atoms with Crippen molar-refractivity contribution in [1.29, 1.82) is 0 Å². The smallest absolute Gasteiger partial charge is 0.137 e. The molecule has 0 aliphatic rings. The lowest BCUT2D eigenvalue weighted by molar-refractivity contribution is 0.187. The fraction of sp³-hybridized carbons (Fsp3) is 0.667. The molecule has 1 unspecified atom stereocenters. The predicted octanol–water partition coefficient (Wildman–Crippen LogP) is 2.21. The minimum absolute atomic E-state index is 0.305. The van der Waals surface area contributed by atoms with E-state index in [1.165, 1.54) is 0 Å². The van der Waals surface area contributed by atoms with Crippen molar-refractivity contribution >= 4 is 17.4 Å². The van der Waals surface area contributed by atoms with Gasteiger partial charge in [-0.25, -0.2) is 9.97 Å². The average molecular weight is 258 g/mol. The number of aryl methyl sites for hydroxylation is 1. The molecule has 1 atom stereocenters. The summed E-state index contributed by atoms with van der Waals surface area (Å²) < 4.78 is 0. The van der Waals surface area contributed by atoms with Crippen LogP contribution >= 0.6 is 11.6 Å². The van der Waals surface area contributed by atoms with Crippen LogP contribution in [-0.2, 0) is 6.42 Å². The molecule has 0 fully saturated rings. The van der Waals surface area contributed by atoms with E-state index in [2.05, 4.69) is 9.97 Å². The monoisotopic (exact) mass is 257 g/mol. The number of aromatic nitrogens is 2. The Morgan fingerprint density at radius 1 is 1.41 bits per heavy atom. The fourth-order valence-electron chi connectivity index (χ4n) is 1.54. The second kappa shape index (κ2) is 6.17. The maximum absolute atomic E-state index is 9.29. The molecule has 96 valence electrons. The Labute approximate surface area is 108 Å². The number of hydrogen-bond donors (Lipinski definition) is 1. The highest BCUT2D eigenvalue weighted by Gasteiger charge is 2.12. The lowest BCUT2D eigenvalue weighted by atomic mass is 10.2. The van der Waals surface area contributed by atoms with Gasteiger partial charge in [0.15, 0.2) is 0 Å². The normalized spacial score (nSPS) is 12.6. The molecule has 5 heteroatoms. The van der Waals surface area contributed by atoms with Crippen LogP contribution < -0.4 is 4.90 Å². The number of halogens is 1. The first kappa shape index (κ1) is 14.2. The standard InChI is InChI=1S/C12H20ClN3O/c1-5-10-14-11(13)9(3)12(15-10)16(4)7-6-8(2)17/h8,17H,5-7H2,1-4H3. The summed E-state index contributed by atoms with van der Waals surface area (Å²) in [6, 6.07) is 0. The van der Waals surface area contributed by atoms with Crippen LogP contribution in [0.3, 0.4) is 0 Å². The number of aliphatic hydroxyl groups excluding tert-OH is 1. The lowest BCUT2D eigenvalue weighted by Gasteiger charge is -2.21. The molecule has 0 bridgehead atoms. The molecular formula is C12H20ClN3O. The van der Waals surface area contributed by atoms with Crippen LogP contribution in [0.5, 0.6) is 0 Å². The highest BCUT2D eigenvalue weighted by Crippen LogP contribution is 2.22. The van der Waals surface area contributed by atoms with Crippen LogP contribution in [0.4, 0.5) is 5.82 Å². The second-order valence-corrected chi connectivity index (χ2v) is 4.65. The number of hydrogen-bond acceptors (Lipinski definition) is 4. The molecule has 1 N–H and O–H groups in total. The quantitative estimate of drug-likeness (QED) is 0.822. The van der Waals surface area contributed by atoms with E-state index >= 15 is 0 Å². The van der Waals surface area contributed by atoms with E-state index < -0.39 is 0 Å². The van der Waals surface area contributed by atoms with E-state index in [9.17, 15) is 5.11 Å². The van der Waals surface area contributed by atoms with Crippen LogP contribution in [0.15, 0.2) is 0 Å². The summed E-state index contributed by atoms with van der Waals surface area (Å²) in [7, 11) is 1.95. The van der Waals surface area contributed by atoms with Gasteiger partial charge in [-0.3, -0.25) is 0 Å². The first-order chi connectivity index (χ1) is 7.95. The first-order valence-electron chi connectivity index (χ1n) is 5.87. The molecule has 0 spiro atoms. The van der Waals surface area contributed by atoms with E-state index in [0.717, 1.165) is 30.2 Å². The first-order valence-corrected chi connectivity index (χ1v) is 6.25. The van der Waals surface area contributed by atoms with E-state index in [0.29, 0.717) is 11.6 Å². The Balaban J connectivity index is 2.91. The topological polar surface area (TPSA) is 49.2 Å². The molecule has 0 saturated heterocycles. The molecule has 0 aliphatic heterocycles. The van der Waals surface area contributed by atoms with Gasteiger partial charge in [0, 0.05) is 25.6 Å². The lowest BCUT2D eigenvalue weighted by Crippen LogP contribution is -2.24. The van der Waals surface area contributed by atoms with Gasteiger partial charge in [-0.1, -0.05) is 18.5 Å². The summed E-state index contributed by atoms with van der Waals surface area (Å²) in [5.74, 6) is 1.60.